The van der Waals surface area contributed by atoms with Gasteiger partial charge in [0, 0.05) is 25.0 Å². The van der Waals surface area contributed by atoms with E-state index < -0.39 is 0 Å². The van der Waals surface area contributed by atoms with Crippen molar-refractivity contribution in [3.05, 3.63) is 48.3 Å². The van der Waals surface area contributed by atoms with E-state index in [1.165, 1.54) is 24.9 Å². The third-order valence-corrected chi connectivity index (χ3v) is 4.80. The maximum absolute atomic E-state index is 6.00. The van der Waals surface area contributed by atoms with Gasteiger partial charge in [0.2, 0.25) is 0 Å². The third-order valence-electron chi connectivity index (χ3n) is 4.80. The largest absolute Gasteiger partial charge is 0.370 e. The number of aromatic nitrogens is 2. The second-order valence-electron chi connectivity index (χ2n) is 6.44. The minimum Gasteiger partial charge on any atom is -0.370 e. The summed E-state index contributed by atoms with van der Waals surface area (Å²) in [5.74, 6) is 0.552. The maximum atomic E-state index is 6.00. The normalized spacial score (nSPS) is 18.6. The Morgan fingerprint density at radius 2 is 2.20 bits per heavy atom. The van der Waals surface area contributed by atoms with Crippen molar-refractivity contribution in [2.24, 2.45) is 10.7 Å². The fourth-order valence-electron chi connectivity index (χ4n) is 3.35. The Hall–Kier alpha value is -2.34. The summed E-state index contributed by atoms with van der Waals surface area (Å²) in [5, 5.41) is 7.46. The molecule has 1 atom stereocenters. The zero-order valence-electron chi connectivity index (χ0n) is 14.9. The standard InChI is InChI=1S/C19H28N6/c1-2-24-13-3-5-18(24)15-22-19(20)21-12-10-16-6-8-17(9-7-16)25-14-4-11-23-25/h4,6-9,11,14,18H,2-3,5,10,12-13,15H2,1H3,(H3,20,21,22). The summed E-state index contributed by atoms with van der Waals surface area (Å²) >= 11 is 0. The van der Waals surface area contributed by atoms with Crippen LogP contribution < -0.4 is 11.1 Å². The fraction of sp³-hybridized carbons (Fsp3) is 0.474. The molecule has 1 aromatic heterocycles. The molecule has 1 aromatic carbocycles. The van der Waals surface area contributed by atoms with Gasteiger partial charge < -0.3 is 11.1 Å². The Labute approximate surface area is 149 Å². The average Bonchev–Trinajstić information content (AvgIpc) is 3.32. The van der Waals surface area contributed by atoms with Gasteiger partial charge in [-0.1, -0.05) is 19.1 Å². The smallest absolute Gasteiger partial charge is 0.188 e. The van der Waals surface area contributed by atoms with E-state index in [1.807, 2.05) is 16.9 Å². The van der Waals surface area contributed by atoms with Gasteiger partial charge in [-0.05, 0) is 56.1 Å². The molecular formula is C19H28N6. The number of likely N-dealkylation sites (tertiary alicyclic amines) is 1. The lowest BCUT2D eigenvalue weighted by molar-refractivity contribution is 0.273. The van der Waals surface area contributed by atoms with Crippen LogP contribution in [0.15, 0.2) is 47.7 Å². The summed E-state index contributed by atoms with van der Waals surface area (Å²) in [6.45, 7) is 6.09. The summed E-state index contributed by atoms with van der Waals surface area (Å²) in [5.41, 5.74) is 8.34. The predicted molar refractivity (Wildman–Crippen MR) is 102 cm³/mol. The van der Waals surface area contributed by atoms with Crippen molar-refractivity contribution in [2.75, 3.05) is 26.2 Å². The van der Waals surface area contributed by atoms with Crippen LogP contribution in [0.4, 0.5) is 0 Å². The SMILES string of the molecule is CCN1CCCC1CN=C(N)NCCc1ccc(-n2cccn2)cc1. The molecule has 3 rings (SSSR count). The lowest BCUT2D eigenvalue weighted by Crippen LogP contribution is -2.36. The molecule has 0 radical (unpaired) electrons. The van der Waals surface area contributed by atoms with E-state index in [0.717, 1.165) is 31.7 Å². The molecule has 0 aliphatic carbocycles. The average molecular weight is 340 g/mol. The Morgan fingerprint density at radius 3 is 2.92 bits per heavy atom. The van der Waals surface area contributed by atoms with Gasteiger partial charge in [-0.25, -0.2) is 4.68 Å². The van der Waals surface area contributed by atoms with Gasteiger partial charge in [-0.15, -0.1) is 0 Å². The number of aliphatic imine (C=N–C) groups is 1. The molecule has 0 bridgehead atoms. The van der Waals surface area contributed by atoms with Crippen LogP contribution in [0.5, 0.6) is 0 Å². The van der Waals surface area contributed by atoms with Gasteiger partial charge in [-0.3, -0.25) is 9.89 Å². The predicted octanol–water partition coefficient (Wildman–Crippen LogP) is 1.80. The van der Waals surface area contributed by atoms with E-state index in [9.17, 15) is 0 Å². The molecule has 1 aliphatic heterocycles. The number of benzene rings is 1. The van der Waals surface area contributed by atoms with Gasteiger partial charge in [0.1, 0.15) is 0 Å². The lowest BCUT2D eigenvalue weighted by Gasteiger charge is -2.20. The first-order valence-corrected chi connectivity index (χ1v) is 9.13. The monoisotopic (exact) mass is 340 g/mol. The quantitative estimate of drug-likeness (QED) is 0.596. The van der Waals surface area contributed by atoms with Crippen molar-refractivity contribution in [1.29, 1.82) is 0 Å². The number of nitrogens with two attached hydrogens (primary N) is 1. The first kappa shape index (κ1) is 17.5. The number of rotatable bonds is 7. The molecule has 2 heterocycles. The Bertz CT molecular complexity index is 662. The van der Waals surface area contributed by atoms with E-state index in [4.69, 9.17) is 5.73 Å². The first-order valence-electron chi connectivity index (χ1n) is 9.13. The van der Waals surface area contributed by atoms with E-state index >= 15 is 0 Å². The molecule has 0 saturated carbocycles. The van der Waals surface area contributed by atoms with E-state index in [-0.39, 0.29) is 0 Å². The van der Waals surface area contributed by atoms with Crippen LogP contribution in [-0.2, 0) is 6.42 Å². The molecule has 1 fully saturated rings. The van der Waals surface area contributed by atoms with Gasteiger partial charge in [-0.2, -0.15) is 5.10 Å². The molecule has 3 N–H and O–H groups in total. The highest BCUT2D eigenvalue weighted by molar-refractivity contribution is 5.77. The second kappa shape index (κ2) is 8.67. The molecule has 2 aromatic rings. The van der Waals surface area contributed by atoms with Gasteiger partial charge in [0.15, 0.2) is 5.96 Å². The zero-order chi connectivity index (χ0) is 17.5. The molecule has 0 amide bonds. The van der Waals surface area contributed by atoms with Crippen LogP contribution in [0, 0.1) is 0 Å². The molecular weight excluding hydrogens is 312 g/mol. The first-order chi connectivity index (χ1) is 12.3. The van der Waals surface area contributed by atoms with Gasteiger partial charge in [0.05, 0.1) is 12.2 Å². The molecule has 0 spiro atoms. The number of nitrogens with one attached hydrogen (secondary N) is 1. The number of nitrogens with zero attached hydrogens (tertiary/aromatic N) is 4. The topological polar surface area (TPSA) is 71.5 Å². The number of guanidine groups is 1. The minimum atomic E-state index is 0.552. The van der Waals surface area contributed by atoms with Gasteiger partial charge in [0.25, 0.3) is 0 Å². The van der Waals surface area contributed by atoms with Crippen LogP contribution in [0.1, 0.15) is 25.3 Å². The summed E-state index contributed by atoms with van der Waals surface area (Å²) in [6, 6.07) is 10.9. The zero-order valence-corrected chi connectivity index (χ0v) is 14.9. The van der Waals surface area contributed by atoms with Crippen LogP contribution in [-0.4, -0.2) is 52.9 Å². The molecule has 25 heavy (non-hydrogen) atoms. The van der Waals surface area contributed by atoms with Crippen LogP contribution >= 0.6 is 0 Å². The highest BCUT2D eigenvalue weighted by atomic mass is 15.3. The Kier molecular flexibility index (Phi) is 6.06. The molecule has 1 unspecified atom stereocenters. The number of hydrogen-bond donors (Lipinski definition) is 2. The summed E-state index contributed by atoms with van der Waals surface area (Å²) < 4.78 is 1.86. The van der Waals surface area contributed by atoms with Crippen molar-refractivity contribution < 1.29 is 0 Å². The van der Waals surface area contributed by atoms with Crippen molar-refractivity contribution in [3.63, 3.8) is 0 Å². The van der Waals surface area contributed by atoms with Crippen molar-refractivity contribution in [2.45, 2.75) is 32.2 Å². The van der Waals surface area contributed by atoms with Crippen molar-refractivity contribution in [1.82, 2.24) is 20.0 Å². The van der Waals surface area contributed by atoms with Crippen LogP contribution in [0.3, 0.4) is 0 Å². The maximum Gasteiger partial charge on any atom is 0.188 e. The van der Waals surface area contributed by atoms with E-state index in [2.05, 4.69) is 51.5 Å². The van der Waals surface area contributed by atoms with Crippen molar-refractivity contribution in [3.8, 4) is 5.69 Å². The molecule has 6 nitrogen and oxygen atoms in total. The summed E-state index contributed by atoms with van der Waals surface area (Å²) in [6.07, 6.45) is 7.15. The van der Waals surface area contributed by atoms with Crippen LogP contribution in [0.2, 0.25) is 0 Å². The van der Waals surface area contributed by atoms with E-state index in [1.54, 1.807) is 6.20 Å². The Morgan fingerprint density at radius 1 is 1.36 bits per heavy atom. The lowest BCUT2D eigenvalue weighted by atomic mass is 10.1. The van der Waals surface area contributed by atoms with Crippen molar-refractivity contribution >= 4 is 5.96 Å². The number of hydrogen-bond acceptors (Lipinski definition) is 3. The fourth-order valence-corrected chi connectivity index (χ4v) is 3.35. The highest BCUT2D eigenvalue weighted by Gasteiger charge is 2.22. The number of likely N-dealkylation sites (N-methyl/N-ethyl adjacent to an activating group) is 1. The molecule has 134 valence electrons. The molecule has 1 saturated heterocycles. The minimum absolute atomic E-state index is 0.552. The molecule has 6 heteroatoms. The summed E-state index contributed by atoms with van der Waals surface area (Å²) in [7, 11) is 0. The summed E-state index contributed by atoms with van der Waals surface area (Å²) in [4.78, 5) is 7.00. The van der Waals surface area contributed by atoms with Crippen LogP contribution in [0.25, 0.3) is 5.69 Å². The van der Waals surface area contributed by atoms with E-state index in [0.29, 0.717) is 12.0 Å². The second-order valence-corrected chi connectivity index (χ2v) is 6.44. The third kappa shape index (κ3) is 4.82. The van der Waals surface area contributed by atoms with Gasteiger partial charge >= 0.3 is 0 Å². The molecule has 1 aliphatic rings. The highest BCUT2D eigenvalue weighted by Crippen LogP contribution is 2.16. The Balaban J connectivity index is 1.42.